The van der Waals surface area contributed by atoms with Crippen LogP contribution in [0.2, 0.25) is 0 Å². The standard InChI is InChI=1S/C23H27FN2O3/c1-16(2)10-23(27)26(14-17-6-4-9-20(11-17)28-3)15-21-13-22(25-29-21)18-7-5-8-19(24)12-18/h4-9,11-12,16,21H,10,13-15H2,1-3H3/t21-/m0/s1. The molecule has 0 spiro atoms. The Morgan fingerprint density at radius 1 is 1.28 bits per heavy atom. The molecule has 1 aliphatic heterocycles. The van der Waals surface area contributed by atoms with Crippen molar-refractivity contribution in [2.24, 2.45) is 11.1 Å². The van der Waals surface area contributed by atoms with E-state index >= 15 is 0 Å². The lowest BCUT2D eigenvalue weighted by atomic mass is 10.0. The van der Waals surface area contributed by atoms with Gasteiger partial charge in [0.1, 0.15) is 11.6 Å². The third kappa shape index (κ3) is 5.79. The second-order valence-electron chi connectivity index (χ2n) is 7.70. The van der Waals surface area contributed by atoms with Crippen LogP contribution < -0.4 is 4.74 Å². The number of amides is 1. The normalized spacial score (nSPS) is 15.8. The first kappa shape index (κ1) is 20.8. The molecule has 1 aliphatic rings. The van der Waals surface area contributed by atoms with Crippen LogP contribution in [0, 0.1) is 11.7 Å². The van der Waals surface area contributed by atoms with Crippen LogP contribution in [0.3, 0.4) is 0 Å². The molecule has 1 heterocycles. The SMILES string of the molecule is COc1cccc(CN(C[C@@H]2CC(c3cccc(F)c3)=NO2)C(=O)CC(C)C)c1. The van der Waals surface area contributed by atoms with Gasteiger partial charge in [0, 0.05) is 24.9 Å². The van der Waals surface area contributed by atoms with Crippen molar-refractivity contribution < 1.29 is 18.8 Å². The van der Waals surface area contributed by atoms with Crippen molar-refractivity contribution in [2.75, 3.05) is 13.7 Å². The Kier molecular flexibility index (Phi) is 6.86. The van der Waals surface area contributed by atoms with Gasteiger partial charge < -0.3 is 14.5 Å². The van der Waals surface area contributed by atoms with Gasteiger partial charge in [0.05, 0.1) is 19.4 Å². The highest BCUT2D eigenvalue weighted by Crippen LogP contribution is 2.21. The minimum Gasteiger partial charge on any atom is -0.497 e. The van der Waals surface area contributed by atoms with Crippen molar-refractivity contribution in [1.29, 1.82) is 0 Å². The molecule has 6 heteroatoms. The fraction of sp³-hybridized carbons (Fsp3) is 0.391. The molecule has 154 valence electrons. The van der Waals surface area contributed by atoms with Gasteiger partial charge in [-0.05, 0) is 35.7 Å². The summed E-state index contributed by atoms with van der Waals surface area (Å²) in [5.74, 6) is 0.789. The van der Waals surface area contributed by atoms with Crippen molar-refractivity contribution in [3.63, 3.8) is 0 Å². The van der Waals surface area contributed by atoms with Crippen LogP contribution in [0.5, 0.6) is 5.75 Å². The molecule has 1 atom stereocenters. The fourth-order valence-corrected chi connectivity index (χ4v) is 3.33. The first-order valence-corrected chi connectivity index (χ1v) is 9.84. The predicted molar refractivity (Wildman–Crippen MR) is 110 cm³/mol. The Morgan fingerprint density at radius 2 is 2.07 bits per heavy atom. The second kappa shape index (κ2) is 9.54. The third-order valence-electron chi connectivity index (χ3n) is 4.76. The Labute approximate surface area is 171 Å². The van der Waals surface area contributed by atoms with E-state index in [2.05, 4.69) is 5.16 Å². The Morgan fingerprint density at radius 3 is 2.79 bits per heavy atom. The quantitative estimate of drug-likeness (QED) is 0.662. The van der Waals surface area contributed by atoms with Gasteiger partial charge in [-0.3, -0.25) is 4.79 Å². The predicted octanol–water partition coefficient (Wildman–Crippen LogP) is 4.40. The molecule has 0 aromatic heterocycles. The van der Waals surface area contributed by atoms with Crippen molar-refractivity contribution in [3.8, 4) is 5.75 Å². The number of ether oxygens (including phenoxy) is 1. The first-order chi connectivity index (χ1) is 13.9. The number of carbonyl (C=O) groups excluding carboxylic acids is 1. The van der Waals surface area contributed by atoms with Crippen molar-refractivity contribution >= 4 is 11.6 Å². The van der Waals surface area contributed by atoms with Crippen LogP contribution in [-0.2, 0) is 16.2 Å². The Balaban J connectivity index is 1.69. The van der Waals surface area contributed by atoms with E-state index in [1.165, 1.54) is 12.1 Å². The van der Waals surface area contributed by atoms with Gasteiger partial charge in [0.25, 0.3) is 0 Å². The molecule has 2 aromatic rings. The third-order valence-corrected chi connectivity index (χ3v) is 4.76. The van der Waals surface area contributed by atoms with Crippen LogP contribution in [0.25, 0.3) is 0 Å². The second-order valence-corrected chi connectivity index (χ2v) is 7.70. The van der Waals surface area contributed by atoms with E-state index in [9.17, 15) is 9.18 Å². The molecule has 0 radical (unpaired) electrons. The topological polar surface area (TPSA) is 51.1 Å². The summed E-state index contributed by atoms with van der Waals surface area (Å²) in [5, 5.41) is 4.13. The summed E-state index contributed by atoms with van der Waals surface area (Å²) < 4.78 is 18.8. The number of rotatable bonds is 8. The average Bonchev–Trinajstić information content (AvgIpc) is 3.16. The van der Waals surface area contributed by atoms with Gasteiger partial charge in [-0.15, -0.1) is 0 Å². The fourth-order valence-electron chi connectivity index (χ4n) is 3.33. The van der Waals surface area contributed by atoms with Gasteiger partial charge in [-0.25, -0.2) is 4.39 Å². The molecular weight excluding hydrogens is 371 g/mol. The van der Waals surface area contributed by atoms with E-state index in [1.54, 1.807) is 13.2 Å². The molecule has 29 heavy (non-hydrogen) atoms. The van der Waals surface area contributed by atoms with E-state index in [1.807, 2.05) is 49.1 Å². The van der Waals surface area contributed by atoms with Crippen molar-refractivity contribution in [3.05, 3.63) is 65.5 Å². The van der Waals surface area contributed by atoms with Crippen LogP contribution in [0.4, 0.5) is 4.39 Å². The summed E-state index contributed by atoms with van der Waals surface area (Å²) in [6.45, 7) is 4.95. The summed E-state index contributed by atoms with van der Waals surface area (Å²) in [5.41, 5.74) is 2.40. The molecule has 0 saturated heterocycles. The number of carbonyl (C=O) groups is 1. The molecule has 0 bridgehead atoms. The largest absolute Gasteiger partial charge is 0.497 e. The van der Waals surface area contributed by atoms with Crippen LogP contribution in [-0.4, -0.2) is 36.3 Å². The average molecular weight is 398 g/mol. The number of hydrogen-bond donors (Lipinski definition) is 0. The lowest BCUT2D eigenvalue weighted by molar-refractivity contribution is -0.134. The van der Waals surface area contributed by atoms with Crippen molar-refractivity contribution in [2.45, 2.75) is 39.3 Å². The summed E-state index contributed by atoms with van der Waals surface area (Å²) in [4.78, 5) is 20.2. The lowest BCUT2D eigenvalue weighted by Crippen LogP contribution is -2.37. The molecule has 3 rings (SSSR count). The molecule has 0 saturated carbocycles. The van der Waals surface area contributed by atoms with E-state index < -0.39 is 0 Å². The van der Waals surface area contributed by atoms with E-state index in [0.717, 1.165) is 11.3 Å². The minimum absolute atomic E-state index is 0.0747. The highest BCUT2D eigenvalue weighted by Gasteiger charge is 2.27. The monoisotopic (exact) mass is 398 g/mol. The highest BCUT2D eigenvalue weighted by molar-refractivity contribution is 6.01. The Hall–Kier alpha value is -2.89. The molecular formula is C23H27FN2O3. The number of halogens is 1. The smallest absolute Gasteiger partial charge is 0.223 e. The zero-order valence-corrected chi connectivity index (χ0v) is 17.1. The number of benzene rings is 2. The number of nitrogens with zero attached hydrogens (tertiary/aromatic N) is 2. The molecule has 0 fully saturated rings. The molecule has 5 nitrogen and oxygen atoms in total. The van der Waals surface area contributed by atoms with Crippen LogP contribution in [0.1, 0.15) is 37.8 Å². The van der Waals surface area contributed by atoms with E-state index in [0.29, 0.717) is 37.2 Å². The molecule has 0 aliphatic carbocycles. The maximum absolute atomic E-state index is 13.5. The van der Waals surface area contributed by atoms with Crippen LogP contribution >= 0.6 is 0 Å². The van der Waals surface area contributed by atoms with Gasteiger partial charge in [0.2, 0.25) is 5.91 Å². The first-order valence-electron chi connectivity index (χ1n) is 9.84. The molecule has 2 aromatic carbocycles. The summed E-state index contributed by atoms with van der Waals surface area (Å²) >= 11 is 0. The van der Waals surface area contributed by atoms with Crippen LogP contribution in [0.15, 0.2) is 53.7 Å². The van der Waals surface area contributed by atoms with Gasteiger partial charge in [0.15, 0.2) is 6.10 Å². The number of oxime groups is 1. The molecule has 0 unspecified atom stereocenters. The highest BCUT2D eigenvalue weighted by atomic mass is 19.1. The Bertz CT molecular complexity index is 882. The van der Waals surface area contributed by atoms with Crippen molar-refractivity contribution in [1.82, 2.24) is 4.90 Å². The zero-order valence-electron chi connectivity index (χ0n) is 17.1. The molecule has 1 amide bonds. The maximum atomic E-state index is 13.5. The number of methoxy groups -OCH3 is 1. The summed E-state index contributed by atoms with van der Waals surface area (Å²) in [6.07, 6.45) is 0.747. The van der Waals surface area contributed by atoms with Gasteiger partial charge in [-0.2, -0.15) is 0 Å². The summed E-state index contributed by atoms with van der Waals surface area (Å²) in [6, 6.07) is 14.0. The molecule has 0 N–H and O–H groups in total. The van der Waals surface area contributed by atoms with Gasteiger partial charge >= 0.3 is 0 Å². The zero-order chi connectivity index (χ0) is 20.8. The summed E-state index contributed by atoms with van der Waals surface area (Å²) in [7, 11) is 1.62. The van der Waals surface area contributed by atoms with E-state index in [-0.39, 0.29) is 23.7 Å². The van der Waals surface area contributed by atoms with E-state index in [4.69, 9.17) is 9.57 Å². The number of hydrogen-bond acceptors (Lipinski definition) is 4. The van der Waals surface area contributed by atoms with Gasteiger partial charge in [-0.1, -0.05) is 43.3 Å². The maximum Gasteiger partial charge on any atom is 0.223 e. The minimum atomic E-state index is -0.305. The lowest BCUT2D eigenvalue weighted by Gasteiger charge is -2.26.